The normalized spacial score (nSPS) is 11.2. The van der Waals surface area contributed by atoms with E-state index in [4.69, 9.17) is 0 Å². The second-order valence-corrected chi connectivity index (χ2v) is 9.22. The Hall–Kier alpha value is -2.58. The van der Waals surface area contributed by atoms with Crippen LogP contribution in [0.25, 0.3) is 0 Å². The molecule has 0 N–H and O–H groups in total. The van der Waals surface area contributed by atoms with Gasteiger partial charge in [0.25, 0.3) is 0 Å². The van der Waals surface area contributed by atoms with Gasteiger partial charge in [-0.05, 0) is 25.0 Å². The summed E-state index contributed by atoms with van der Waals surface area (Å²) in [6.07, 6.45) is 1.60. The van der Waals surface area contributed by atoms with Crippen LogP contribution in [-0.4, -0.2) is 29.5 Å². The average Bonchev–Trinajstić information content (AvgIpc) is 3.43. The van der Waals surface area contributed by atoms with Gasteiger partial charge in [0.2, 0.25) is 0 Å². The van der Waals surface area contributed by atoms with E-state index in [2.05, 4.69) is 91.9 Å². The second kappa shape index (κ2) is 11.3. The van der Waals surface area contributed by atoms with Crippen molar-refractivity contribution in [1.29, 1.82) is 0 Å². The van der Waals surface area contributed by atoms with Crippen LogP contribution in [-0.2, 0) is 37.4 Å². The molecule has 4 rings (SSSR count). The van der Waals surface area contributed by atoms with Crippen LogP contribution in [0.1, 0.15) is 36.6 Å². The van der Waals surface area contributed by atoms with E-state index < -0.39 is 0 Å². The first-order valence-electron chi connectivity index (χ1n) is 11.0. The molecule has 0 radical (unpaired) electrons. The standard InChI is InChI=1S/C24H28N6S2/c1-3-29-21(25-27-23(29)31-17-19-11-7-5-8-12-19)15-16-22-26-28-24(30(22)4-2)32-18-20-13-9-6-10-14-20/h5-14H,3-4,15-18H2,1-2H3. The smallest absolute Gasteiger partial charge is 0.191 e. The Labute approximate surface area is 197 Å². The summed E-state index contributed by atoms with van der Waals surface area (Å²) in [5.41, 5.74) is 2.59. The highest BCUT2D eigenvalue weighted by Gasteiger charge is 2.15. The number of hydrogen-bond donors (Lipinski definition) is 0. The zero-order chi connectivity index (χ0) is 22.2. The molecule has 2 heterocycles. The first-order valence-corrected chi connectivity index (χ1v) is 12.9. The van der Waals surface area contributed by atoms with Crippen LogP contribution in [0.2, 0.25) is 0 Å². The minimum absolute atomic E-state index is 0.800. The van der Waals surface area contributed by atoms with E-state index in [0.29, 0.717) is 0 Å². The van der Waals surface area contributed by atoms with Crippen LogP contribution in [0, 0.1) is 0 Å². The number of benzene rings is 2. The van der Waals surface area contributed by atoms with E-state index in [-0.39, 0.29) is 0 Å². The van der Waals surface area contributed by atoms with Crippen LogP contribution in [0.5, 0.6) is 0 Å². The monoisotopic (exact) mass is 464 g/mol. The van der Waals surface area contributed by atoms with Crippen LogP contribution < -0.4 is 0 Å². The molecule has 32 heavy (non-hydrogen) atoms. The van der Waals surface area contributed by atoms with Gasteiger partial charge in [-0.2, -0.15) is 0 Å². The molecule has 0 amide bonds. The van der Waals surface area contributed by atoms with Gasteiger partial charge in [-0.1, -0.05) is 84.2 Å². The van der Waals surface area contributed by atoms with Crippen molar-refractivity contribution in [1.82, 2.24) is 29.5 Å². The minimum Gasteiger partial charge on any atom is -0.306 e. The summed E-state index contributed by atoms with van der Waals surface area (Å²) in [7, 11) is 0. The summed E-state index contributed by atoms with van der Waals surface area (Å²) in [5, 5.41) is 19.8. The summed E-state index contributed by atoms with van der Waals surface area (Å²) >= 11 is 3.47. The van der Waals surface area contributed by atoms with Gasteiger partial charge in [0, 0.05) is 37.4 Å². The van der Waals surface area contributed by atoms with Crippen molar-refractivity contribution in [3.8, 4) is 0 Å². The Balaban J connectivity index is 1.39. The molecule has 0 saturated heterocycles. The first kappa shape index (κ1) is 22.6. The van der Waals surface area contributed by atoms with E-state index in [1.54, 1.807) is 23.5 Å². The van der Waals surface area contributed by atoms with Gasteiger partial charge in [0.05, 0.1) is 0 Å². The maximum atomic E-state index is 4.48. The molecule has 0 aliphatic rings. The molecule has 6 nitrogen and oxygen atoms in total. The molecular weight excluding hydrogens is 436 g/mol. The third-order valence-electron chi connectivity index (χ3n) is 5.21. The number of nitrogens with zero attached hydrogens (tertiary/aromatic N) is 6. The fourth-order valence-electron chi connectivity index (χ4n) is 3.52. The zero-order valence-corrected chi connectivity index (χ0v) is 20.1. The molecular formula is C24H28N6S2. The zero-order valence-electron chi connectivity index (χ0n) is 18.5. The maximum Gasteiger partial charge on any atom is 0.191 e. The molecule has 0 unspecified atom stereocenters. The van der Waals surface area contributed by atoms with Crippen LogP contribution in [0.3, 0.4) is 0 Å². The van der Waals surface area contributed by atoms with E-state index in [1.165, 1.54) is 11.1 Å². The largest absolute Gasteiger partial charge is 0.306 e. The van der Waals surface area contributed by atoms with Gasteiger partial charge in [0.15, 0.2) is 10.3 Å². The molecule has 8 heteroatoms. The number of aromatic nitrogens is 6. The Morgan fingerprint density at radius 1 is 0.594 bits per heavy atom. The van der Waals surface area contributed by atoms with Gasteiger partial charge in [-0.25, -0.2) is 0 Å². The van der Waals surface area contributed by atoms with Crippen LogP contribution in [0.4, 0.5) is 0 Å². The van der Waals surface area contributed by atoms with E-state index >= 15 is 0 Å². The molecule has 166 valence electrons. The summed E-state index contributed by atoms with van der Waals surface area (Å²) in [6, 6.07) is 21.0. The molecule has 0 aliphatic carbocycles. The Morgan fingerprint density at radius 3 is 1.38 bits per heavy atom. The lowest BCUT2D eigenvalue weighted by Gasteiger charge is -2.09. The SMILES string of the molecule is CCn1c(CCc2nnc(SCc3ccccc3)n2CC)nnc1SCc1ccccc1. The minimum atomic E-state index is 0.800. The highest BCUT2D eigenvalue weighted by atomic mass is 32.2. The van der Waals surface area contributed by atoms with Crippen molar-refractivity contribution >= 4 is 23.5 Å². The molecule has 0 aliphatic heterocycles. The van der Waals surface area contributed by atoms with Gasteiger partial charge >= 0.3 is 0 Å². The number of thioether (sulfide) groups is 2. The summed E-state index contributed by atoms with van der Waals surface area (Å²) in [6.45, 7) is 6.01. The van der Waals surface area contributed by atoms with Crippen molar-refractivity contribution in [3.63, 3.8) is 0 Å². The Kier molecular flexibility index (Phi) is 8.01. The van der Waals surface area contributed by atoms with Crippen molar-refractivity contribution in [2.75, 3.05) is 0 Å². The number of rotatable bonds is 11. The van der Waals surface area contributed by atoms with Crippen molar-refractivity contribution < 1.29 is 0 Å². The van der Waals surface area contributed by atoms with E-state index in [1.807, 2.05) is 12.1 Å². The molecule has 0 fully saturated rings. The molecule has 4 aromatic rings. The summed E-state index contributed by atoms with van der Waals surface area (Å²) in [4.78, 5) is 0. The lowest BCUT2D eigenvalue weighted by molar-refractivity contribution is 0.608. The average molecular weight is 465 g/mol. The van der Waals surface area contributed by atoms with Gasteiger partial charge in [-0.3, -0.25) is 0 Å². The Bertz CT molecular complexity index is 1020. The fourth-order valence-corrected chi connectivity index (χ4v) is 5.48. The second-order valence-electron chi connectivity index (χ2n) is 7.33. The first-order chi connectivity index (χ1) is 15.8. The van der Waals surface area contributed by atoms with E-state index in [0.717, 1.165) is 59.4 Å². The summed E-state index contributed by atoms with van der Waals surface area (Å²) in [5.74, 6) is 3.80. The predicted molar refractivity (Wildman–Crippen MR) is 131 cm³/mol. The van der Waals surface area contributed by atoms with Crippen molar-refractivity contribution in [3.05, 3.63) is 83.4 Å². The molecule has 2 aromatic carbocycles. The number of hydrogen-bond acceptors (Lipinski definition) is 6. The molecule has 0 bridgehead atoms. The maximum absolute atomic E-state index is 4.48. The van der Waals surface area contributed by atoms with Crippen molar-refractivity contribution in [2.24, 2.45) is 0 Å². The van der Waals surface area contributed by atoms with Gasteiger partial charge in [-0.15, -0.1) is 20.4 Å². The fraction of sp³-hybridized carbons (Fsp3) is 0.333. The molecule has 0 atom stereocenters. The highest BCUT2D eigenvalue weighted by molar-refractivity contribution is 7.98. The predicted octanol–water partition coefficient (Wildman–Crippen LogP) is 5.28. The van der Waals surface area contributed by atoms with Crippen LogP contribution in [0.15, 0.2) is 71.0 Å². The third kappa shape index (κ3) is 5.61. The molecule has 0 spiro atoms. The lowest BCUT2D eigenvalue weighted by Crippen LogP contribution is -2.09. The molecule has 2 aromatic heterocycles. The Morgan fingerprint density at radius 2 is 1.00 bits per heavy atom. The third-order valence-corrected chi connectivity index (χ3v) is 7.29. The van der Waals surface area contributed by atoms with E-state index in [9.17, 15) is 0 Å². The van der Waals surface area contributed by atoms with Crippen molar-refractivity contribution in [2.45, 2.75) is 61.6 Å². The summed E-state index contributed by atoms with van der Waals surface area (Å²) < 4.78 is 4.43. The topological polar surface area (TPSA) is 61.4 Å². The quantitative estimate of drug-likeness (QED) is 0.282. The van der Waals surface area contributed by atoms with Crippen LogP contribution >= 0.6 is 23.5 Å². The van der Waals surface area contributed by atoms with Gasteiger partial charge < -0.3 is 9.13 Å². The van der Waals surface area contributed by atoms with Gasteiger partial charge in [0.1, 0.15) is 11.6 Å². The highest BCUT2D eigenvalue weighted by Crippen LogP contribution is 2.24. The molecule has 0 saturated carbocycles. The lowest BCUT2D eigenvalue weighted by atomic mass is 10.2. The number of aryl methyl sites for hydroxylation is 2.